The molecule has 0 aliphatic carbocycles. The summed E-state index contributed by atoms with van der Waals surface area (Å²) in [7, 11) is 0. The first-order valence-electron chi connectivity index (χ1n) is 10.7. The third kappa shape index (κ3) is 4.22. The lowest BCUT2D eigenvalue weighted by Gasteiger charge is -2.16. The van der Waals surface area contributed by atoms with Crippen LogP contribution in [0.2, 0.25) is 0 Å². The summed E-state index contributed by atoms with van der Waals surface area (Å²) in [6, 6.07) is 12.1. The van der Waals surface area contributed by atoms with E-state index < -0.39 is 6.10 Å². The fraction of sp³-hybridized carbons (Fsp3) is 0.292. The van der Waals surface area contributed by atoms with Gasteiger partial charge in [0.1, 0.15) is 5.52 Å². The van der Waals surface area contributed by atoms with Crippen molar-refractivity contribution < 1.29 is 9.90 Å². The number of imidazole rings is 1. The van der Waals surface area contributed by atoms with Gasteiger partial charge in [-0.05, 0) is 24.5 Å². The van der Waals surface area contributed by atoms with Gasteiger partial charge >= 0.3 is 0 Å². The molecule has 4 aromatic rings. The molecule has 0 radical (unpaired) electrons. The average molecular weight is 428 g/mol. The van der Waals surface area contributed by atoms with Gasteiger partial charge in [-0.1, -0.05) is 30.3 Å². The second kappa shape index (κ2) is 8.84. The van der Waals surface area contributed by atoms with Gasteiger partial charge in [-0.25, -0.2) is 9.97 Å². The lowest BCUT2D eigenvalue weighted by atomic mass is 10.0. The number of hydrogen-bond acceptors (Lipinski definition) is 6. The lowest BCUT2D eigenvalue weighted by Crippen LogP contribution is -2.29. The van der Waals surface area contributed by atoms with E-state index in [-0.39, 0.29) is 11.8 Å². The van der Waals surface area contributed by atoms with Crippen LogP contribution >= 0.6 is 0 Å². The molecule has 32 heavy (non-hydrogen) atoms. The number of aromatic nitrogens is 5. The van der Waals surface area contributed by atoms with Crippen LogP contribution in [0.5, 0.6) is 0 Å². The summed E-state index contributed by atoms with van der Waals surface area (Å²) in [5.74, 6) is -0.205. The highest BCUT2D eigenvalue weighted by atomic mass is 16.3. The highest BCUT2D eigenvalue weighted by molar-refractivity contribution is 5.96. The van der Waals surface area contributed by atoms with Crippen molar-refractivity contribution in [3.63, 3.8) is 0 Å². The maximum Gasteiger partial charge on any atom is 0.255 e. The minimum absolute atomic E-state index is 0.0652. The number of nitrogens with zero attached hydrogens (tertiary/aromatic N) is 6. The number of likely N-dealkylation sites (tertiary alicyclic amines) is 1. The van der Waals surface area contributed by atoms with Crippen LogP contribution in [-0.4, -0.2) is 59.6 Å². The van der Waals surface area contributed by atoms with Gasteiger partial charge in [0.15, 0.2) is 5.65 Å². The Kier molecular flexibility index (Phi) is 5.60. The SMILES string of the molecule is O=C(c1cnc2c(c1)ncn2CCc1ccccc1)N1C[C@@H](Cc2cnccn2)[C@H](O)C1. The molecule has 1 saturated heterocycles. The van der Waals surface area contributed by atoms with E-state index in [9.17, 15) is 9.90 Å². The molecule has 0 unspecified atom stereocenters. The molecular weight excluding hydrogens is 404 g/mol. The number of rotatable bonds is 6. The van der Waals surface area contributed by atoms with Crippen molar-refractivity contribution in [2.24, 2.45) is 5.92 Å². The van der Waals surface area contributed by atoms with Crippen LogP contribution in [0.25, 0.3) is 11.2 Å². The van der Waals surface area contributed by atoms with E-state index in [1.807, 2.05) is 22.8 Å². The van der Waals surface area contributed by atoms with E-state index in [2.05, 4.69) is 32.1 Å². The molecule has 8 heteroatoms. The van der Waals surface area contributed by atoms with Crippen molar-refractivity contribution in [3.8, 4) is 0 Å². The first-order valence-corrected chi connectivity index (χ1v) is 10.7. The monoisotopic (exact) mass is 428 g/mol. The average Bonchev–Trinajstić information content (AvgIpc) is 3.41. The minimum Gasteiger partial charge on any atom is -0.391 e. The first kappa shape index (κ1) is 20.3. The molecule has 8 nitrogen and oxygen atoms in total. The van der Waals surface area contributed by atoms with Crippen LogP contribution in [0.1, 0.15) is 21.6 Å². The number of amides is 1. The number of hydrogen-bond donors (Lipinski definition) is 1. The number of fused-ring (bicyclic) bond motifs is 1. The largest absolute Gasteiger partial charge is 0.391 e. The van der Waals surface area contributed by atoms with Crippen molar-refractivity contribution in [2.45, 2.75) is 25.5 Å². The van der Waals surface area contributed by atoms with E-state index >= 15 is 0 Å². The molecule has 162 valence electrons. The molecule has 1 amide bonds. The third-order valence-electron chi connectivity index (χ3n) is 5.97. The standard InChI is InChI=1S/C24H24N6O2/c31-22-15-30(14-19(22)10-20-13-25-7-8-26-20)24(32)18-11-21-23(27-12-18)29(16-28-21)9-6-17-4-2-1-3-5-17/h1-5,7-8,11-13,16,19,22,31H,6,9-10,14-15H2/t19-,22-/m1/s1. The predicted molar refractivity (Wildman–Crippen MR) is 119 cm³/mol. The third-order valence-corrected chi connectivity index (χ3v) is 5.97. The molecule has 2 atom stereocenters. The fourth-order valence-electron chi connectivity index (χ4n) is 4.23. The zero-order valence-electron chi connectivity index (χ0n) is 17.6. The molecule has 4 heterocycles. The zero-order chi connectivity index (χ0) is 21.9. The Bertz CT molecular complexity index is 1210. The van der Waals surface area contributed by atoms with Crippen LogP contribution < -0.4 is 0 Å². The van der Waals surface area contributed by atoms with Gasteiger partial charge in [-0.15, -0.1) is 0 Å². The van der Waals surface area contributed by atoms with Crippen molar-refractivity contribution in [2.75, 3.05) is 13.1 Å². The Hall–Kier alpha value is -3.65. The Morgan fingerprint density at radius 3 is 2.75 bits per heavy atom. The molecule has 5 rings (SSSR count). The molecule has 1 aromatic carbocycles. The number of carbonyl (C=O) groups excluding carboxylic acids is 1. The Morgan fingerprint density at radius 2 is 1.94 bits per heavy atom. The molecule has 1 aliphatic rings. The quantitative estimate of drug-likeness (QED) is 0.505. The fourth-order valence-corrected chi connectivity index (χ4v) is 4.23. The normalized spacial score (nSPS) is 18.3. The summed E-state index contributed by atoms with van der Waals surface area (Å²) in [4.78, 5) is 32.1. The van der Waals surface area contributed by atoms with E-state index in [0.29, 0.717) is 30.6 Å². The van der Waals surface area contributed by atoms with Crippen LogP contribution in [0.15, 0.2) is 67.5 Å². The second-order valence-electron chi connectivity index (χ2n) is 8.18. The maximum atomic E-state index is 13.1. The molecular formula is C24H24N6O2. The highest BCUT2D eigenvalue weighted by Gasteiger charge is 2.34. The van der Waals surface area contributed by atoms with Crippen molar-refractivity contribution in [1.29, 1.82) is 0 Å². The molecule has 1 aliphatic heterocycles. The Labute approximate surface area is 185 Å². The van der Waals surface area contributed by atoms with Gasteiger partial charge in [-0.2, -0.15) is 0 Å². The van der Waals surface area contributed by atoms with Crippen molar-refractivity contribution >= 4 is 17.1 Å². The van der Waals surface area contributed by atoms with Crippen LogP contribution in [0.3, 0.4) is 0 Å². The molecule has 3 aromatic heterocycles. The number of benzene rings is 1. The number of carbonyl (C=O) groups is 1. The summed E-state index contributed by atoms with van der Waals surface area (Å²) in [6.45, 7) is 1.54. The molecule has 0 saturated carbocycles. The van der Waals surface area contributed by atoms with Crippen molar-refractivity contribution in [3.05, 3.63) is 84.3 Å². The molecule has 0 bridgehead atoms. The summed E-state index contributed by atoms with van der Waals surface area (Å²) in [5.41, 5.74) is 4.01. The lowest BCUT2D eigenvalue weighted by molar-refractivity contribution is 0.0764. The second-order valence-corrected chi connectivity index (χ2v) is 8.18. The van der Waals surface area contributed by atoms with Gasteiger partial charge < -0.3 is 14.6 Å². The first-order chi connectivity index (χ1) is 15.7. The van der Waals surface area contributed by atoms with E-state index in [4.69, 9.17) is 0 Å². The van der Waals surface area contributed by atoms with Crippen LogP contribution in [-0.2, 0) is 19.4 Å². The van der Waals surface area contributed by atoms with Gasteiger partial charge in [0.2, 0.25) is 0 Å². The van der Waals surface area contributed by atoms with Gasteiger partial charge in [-0.3, -0.25) is 14.8 Å². The Morgan fingerprint density at radius 1 is 1.06 bits per heavy atom. The Balaban J connectivity index is 1.27. The summed E-state index contributed by atoms with van der Waals surface area (Å²) >= 11 is 0. The van der Waals surface area contributed by atoms with Crippen molar-refractivity contribution in [1.82, 2.24) is 29.4 Å². The molecule has 1 N–H and O–H groups in total. The summed E-state index contributed by atoms with van der Waals surface area (Å²) in [5, 5.41) is 10.5. The topological polar surface area (TPSA) is 97.0 Å². The number of aryl methyl sites for hydroxylation is 2. The number of pyridine rings is 1. The molecule has 0 spiro atoms. The van der Waals surface area contributed by atoms with E-state index in [1.165, 1.54) is 5.56 Å². The minimum atomic E-state index is -0.588. The highest BCUT2D eigenvalue weighted by Crippen LogP contribution is 2.23. The zero-order valence-corrected chi connectivity index (χ0v) is 17.6. The molecule has 1 fully saturated rings. The maximum absolute atomic E-state index is 13.1. The summed E-state index contributed by atoms with van der Waals surface area (Å²) < 4.78 is 2.01. The number of aliphatic hydroxyl groups excluding tert-OH is 1. The van der Waals surface area contributed by atoms with Gasteiger partial charge in [0.25, 0.3) is 5.91 Å². The summed E-state index contributed by atoms with van der Waals surface area (Å²) in [6.07, 6.45) is 9.21. The van der Waals surface area contributed by atoms with Gasteiger partial charge in [0.05, 0.1) is 23.7 Å². The predicted octanol–water partition coefficient (Wildman–Crippen LogP) is 2.14. The van der Waals surface area contributed by atoms with E-state index in [1.54, 1.807) is 42.1 Å². The van der Waals surface area contributed by atoms with Gasteiger partial charge in [0, 0.05) is 50.3 Å². The smallest absolute Gasteiger partial charge is 0.255 e. The van der Waals surface area contributed by atoms with Crippen LogP contribution in [0, 0.1) is 5.92 Å². The number of aliphatic hydroxyl groups is 1. The van der Waals surface area contributed by atoms with Crippen LogP contribution in [0.4, 0.5) is 0 Å². The van der Waals surface area contributed by atoms with E-state index in [0.717, 1.165) is 24.3 Å². The number of β-amino-alcohol motifs (C(OH)–C–C–N with tert-alkyl or cyclic N) is 1.